The Morgan fingerprint density at radius 2 is 1.88 bits per heavy atom. The first-order valence-corrected chi connectivity index (χ1v) is 6.19. The van der Waals surface area contributed by atoms with Crippen LogP contribution in [0.25, 0.3) is 0 Å². The van der Waals surface area contributed by atoms with Crippen LogP contribution in [0.15, 0.2) is 35.1 Å². The van der Waals surface area contributed by atoms with Crippen LogP contribution in [-0.4, -0.2) is 9.97 Å². The first kappa shape index (κ1) is 11.5. The van der Waals surface area contributed by atoms with E-state index in [4.69, 9.17) is 12.2 Å². The van der Waals surface area contributed by atoms with E-state index in [2.05, 4.69) is 32.6 Å². The van der Waals surface area contributed by atoms with Crippen molar-refractivity contribution in [2.45, 2.75) is 6.42 Å². The van der Waals surface area contributed by atoms with Gasteiger partial charge >= 0.3 is 0 Å². The summed E-state index contributed by atoms with van der Waals surface area (Å²) in [5, 5.41) is 0. The Labute approximate surface area is 111 Å². The van der Waals surface area contributed by atoms with Crippen LogP contribution < -0.4 is 5.56 Å². The van der Waals surface area contributed by atoms with E-state index in [0.29, 0.717) is 11.2 Å². The van der Waals surface area contributed by atoms with Crippen LogP contribution in [0.5, 0.6) is 0 Å². The molecule has 0 saturated heterocycles. The lowest BCUT2D eigenvalue weighted by Gasteiger charge is -2.01. The molecule has 0 aliphatic rings. The number of rotatable bonds is 2. The molecule has 1 aromatic carbocycles. The van der Waals surface area contributed by atoms with Gasteiger partial charge in [0.25, 0.3) is 5.56 Å². The van der Waals surface area contributed by atoms with Gasteiger partial charge in [0, 0.05) is 21.8 Å². The van der Waals surface area contributed by atoms with Gasteiger partial charge in [0.05, 0.1) is 0 Å². The second-order valence-electron chi connectivity index (χ2n) is 3.42. The number of benzene rings is 1. The van der Waals surface area contributed by atoms with Crippen molar-refractivity contribution in [1.29, 1.82) is 0 Å². The predicted molar refractivity (Wildman–Crippen MR) is 74.2 cm³/mol. The topological polar surface area (TPSA) is 48.6 Å². The summed E-state index contributed by atoms with van der Waals surface area (Å²) < 4.78 is 1.56. The second-order valence-corrected chi connectivity index (χ2v) is 5.07. The van der Waals surface area contributed by atoms with Crippen LogP contribution in [0.1, 0.15) is 11.3 Å². The maximum atomic E-state index is 11.2. The Hall–Kier alpha value is -0.950. The Bertz CT molecular complexity index is 572. The third-order valence-corrected chi connectivity index (χ3v) is 3.05. The van der Waals surface area contributed by atoms with Gasteiger partial charge in [0.15, 0.2) is 4.77 Å². The van der Waals surface area contributed by atoms with E-state index < -0.39 is 0 Å². The van der Waals surface area contributed by atoms with Crippen LogP contribution in [0, 0.1) is 8.34 Å². The number of H-pyrrole nitrogens is 2. The third-order valence-electron chi connectivity index (χ3n) is 2.12. The number of hydrogen-bond acceptors (Lipinski definition) is 2. The SMILES string of the molecule is O=c1cc(Cc2ccc(I)cc2)[nH]c(=S)[nH]1. The molecule has 0 radical (unpaired) electrons. The van der Waals surface area contributed by atoms with Crippen molar-refractivity contribution in [3.8, 4) is 0 Å². The number of nitrogens with one attached hydrogen (secondary N) is 2. The average molecular weight is 344 g/mol. The largest absolute Gasteiger partial charge is 0.336 e. The minimum absolute atomic E-state index is 0.163. The summed E-state index contributed by atoms with van der Waals surface area (Å²) in [6.45, 7) is 0. The van der Waals surface area contributed by atoms with Crippen molar-refractivity contribution in [1.82, 2.24) is 9.97 Å². The van der Waals surface area contributed by atoms with Crippen LogP contribution in [-0.2, 0) is 6.42 Å². The van der Waals surface area contributed by atoms with Gasteiger partial charge in [-0.1, -0.05) is 12.1 Å². The second kappa shape index (κ2) is 4.92. The van der Waals surface area contributed by atoms with Crippen molar-refractivity contribution in [3.05, 3.63) is 60.3 Å². The first-order valence-electron chi connectivity index (χ1n) is 4.70. The molecule has 0 unspecified atom stereocenters. The Morgan fingerprint density at radius 1 is 1.19 bits per heavy atom. The fourth-order valence-corrected chi connectivity index (χ4v) is 2.03. The normalized spacial score (nSPS) is 10.3. The minimum Gasteiger partial charge on any atom is -0.336 e. The molecule has 0 aliphatic heterocycles. The van der Waals surface area contributed by atoms with Crippen LogP contribution in [0.2, 0.25) is 0 Å². The van der Waals surface area contributed by atoms with Crippen LogP contribution >= 0.6 is 34.8 Å². The van der Waals surface area contributed by atoms with Crippen LogP contribution in [0.3, 0.4) is 0 Å². The van der Waals surface area contributed by atoms with Gasteiger partial charge in [0.2, 0.25) is 0 Å². The quantitative estimate of drug-likeness (QED) is 0.650. The zero-order valence-corrected chi connectivity index (χ0v) is 11.3. The molecule has 82 valence electrons. The molecule has 2 N–H and O–H groups in total. The highest BCUT2D eigenvalue weighted by molar-refractivity contribution is 14.1. The highest BCUT2D eigenvalue weighted by Gasteiger charge is 1.98. The standard InChI is InChI=1S/C11H9IN2OS/c12-8-3-1-7(2-4-8)5-9-6-10(15)14-11(16)13-9/h1-4,6H,5H2,(H2,13,14,15,16). The zero-order chi connectivity index (χ0) is 11.5. The minimum atomic E-state index is -0.163. The highest BCUT2D eigenvalue weighted by atomic mass is 127. The summed E-state index contributed by atoms with van der Waals surface area (Å²) in [6.07, 6.45) is 0.685. The smallest absolute Gasteiger partial charge is 0.251 e. The maximum absolute atomic E-state index is 11.2. The van der Waals surface area contributed by atoms with Crippen molar-refractivity contribution in [2.24, 2.45) is 0 Å². The molecule has 0 spiro atoms. The lowest BCUT2D eigenvalue weighted by molar-refractivity contribution is 0.986. The molecule has 2 rings (SSSR count). The first-order chi connectivity index (χ1) is 7.63. The lowest BCUT2D eigenvalue weighted by atomic mass is 10.1. The Morgan fingerprint density at radius 3 is 2.50 bits per heavy atom. The molecule has 0 amide bonds. The molecule has 16 heavy (non-hydrogen) atoms. The zero-order valence-electron chi connectivity index (χ0n) is 8.29. The molecular formula is C11H9IN2OS. The van der Waals surface area contributed by atoms with E-state index in [1.165, 1.54) is 9.64 Å². The Kier molecular flexibility index (Phi) is 3.55. The van der Waals surface area contributed by atoms with Gasteiger partial charge in [-0.25, -0.2) is 0 Å². The summed E-state index contributed by atoms with van der Waals surface area (Å²) in [6, 6.07) is 9.70. The Balaban J connectivity index is 2.30. The van der Waals surface area contributed by atoms with Crippen LogP contribution in [0.4, 0.5) is 0 Å². The molecule has 1 heterocycles. The third kappa shape index (κ3) is 3.02. The van der Waals surface area contributed by atoms with E-state index in [1.54, 1.807) is 0 Å². The predicted octanol–water partition coefficient (Wildman–Crippen LogP) is 2.63. The van der Waals surface area contributed by atoms with Gasteiger partial charge < -0.3 is 4.98 Å². The molecular weight excluding hydrogens is 335 g/mol. The molecule has 2 aromatic rings. The van der Waals surface area contributed by atoms with Gasteiger partial charge in [-0.05, 0) is 52.5 Å². The molecule has 0 bridgehead atoms. The lowest BCUT2D eigenvalue weighted by Crippen LogP contribution is -2.08. The van der Waals surface area contributed by atoms with Crippen molar-refractivity contribution >= 4 is 34.8 Å². The van der Waals surface area contributed by atoms with Gasteiger partial charge in [-0.15, -0.1) is 0 Å². The summed E-state index contributed by atoms with van der Waals surface area (Å²) in [5.41, 5.74) is 1.82. The molecule has 0 saturated carbocycles. The van der Waals surface area contributed by atoms with Crippen molar-refractivity contribution < 1.29 is 0 Å². The summed E-state index contributed by atoms with van der Waals surface area (Å²) in [5.74, 6) is 0. The molecule has 3 nitrogen and oxygen atoms in total. The van der Waals surface area contributed by atoms with E-state index in [1.807, 2.05) is 24.3 Å². The molecule has 0 fully saturated rings. The molecule has 1 aromatic heterocycles. The highest BCUT2D eigenvalue weighted by Crippen LogP contribution is 2.09. The monoisotopic (exact) mass is 344 g/mol. The number of hydrogen-bond donors (Lipinski definition) is 2. The molecule has 0 atom stereocenters. The average Bonchev–Trinajstić information content (AvgIpc) is 2.20. The summed E-state index contributed by atoms with van der Waals surface area (Å²) >= 11 is 7.17. The van der Waals surface area contributed by atoms with Gasteiger partial charge in [-0.2, -0.15) is 0 Å². The van der Waals surface area contributed by atoms with Crippen molar-refractivity contribution in [3.63, 3.8) is 0 Å². The number of aromatic nitrogens is 2. The number of aromatic amines is 2. The molecule has 0 aliphatic carbocycles. The van der Waals surface area contributed by atoms with E-state index in [9.17, 15) is 4.79 Å². The fourth-order valence-electron chi connectivity index (χ4n) is 1.44. The van der Waals surface area contributed by atoms with E-state index >= 15 is 0 Å². The van der Waals surface area contributed by atoms with Crippen molar-refractivity contribution in [2.75, 3.05) is 0 Å². The summed E-state index contributed by atoms with van der Waals surface area (Å²) in [7, 11) is 0. The fraction of sp³-hybridized carbons (Fsp3) is 0.0909. The summed E-state index contributed by atoms with van der Waals surface area (Å²) in [4.78, 5) is 16.7. The van der Waals surface area contributed by atoms with Gasteiger partial charge in [-0.3, -0.25) is 9.78 Å². The molecule has 5 heteroatoms. The maximum Gasteiger partial charge on any atom is 0.251 e. The van der Waals surface area contributed by atoms with E-state index in [0.717, 1.165) is 11.3 Å². The van der Waals surface area contributed by atoms with Gasteiger partial charge in [0.1, 0.15) is 0 Å². The number of halogens is 1. The van der Waals surface area contributed by atoms with E-state index in [-0.39, 0.29) is 5.56 Å².